The average molecular weight is 237 g/mol. The molecule has 2 heterocycles. The van der Waals surface area contributed by atoms with Gasteiger partial charge in [0.25, 0.3) is 0 Å². The predicted octanol–water partition coefficient (Wildman–Crippen LogP) is 0.790. The summed E-state index contributed by atoms with van der Waals surface area (Å²) in [7, 11) is 0. The van der Waals surface area contributed by atoms with Crippen LogP contribution in [0.2, 0.25) is 0 Å². The Labute approximate surface area is 99.2 Å². The van der Waals surface area contributed by atoms with Gasteiger partial charge < -0.3 is 14.7 Å². The Morgan fingerprint density at radius 2 is 2.24 bits per heavy atom. The van der Waals surface area contributed by atoms with Crippen molar-refractivity contribution in [1.82, 2.24) is 9.97 Å². The molecular formula is C11H15N3O3. The summed E-state index contributed by atoms with van der Waals surface area (Å²) in [6, 6.07) is 0. The molecule has 0 radical (unpaired) electrons. The lowest BCUT2D eigenvalue weighted by Crippen LogP contribution is -2.48. The Morgan fingerprint density at radius 1 is 1.47 bits per heavy atom. The van der Waals surface area contributed by atoms with E-state index in [9.17, 15) is 4.79 Å². The van der Waals surface area contributed by atoms with E-state index < -0.39 is 5.97 Å². The minimum Gasteiger partial charge on any atom is -0.476 e. The van der Waals surface area contributed by atoms with E-state index >= 15 is 0 Å². The van der Waals surface area contributed by atoms with E-state index in [1.54, 1.807) is 0 Å². The SMILES string of the molecule is CC1(C)CN(c2cnc(C(=O)O)cn2)CCO1. The van der Waals surface area contributed by atoms with Crippen molar-refractivity contribution in [3.63, 3.8) is 0 Å². The Bertz CT molecular complexity index is 416. The molecule has 0 bridgehead atoms. The van der Waals surface area contributed by atoms with Gasteiger partial charge in [0.05, 0.1) is 24.6 Å². The van der Waals surface area contributed by atoms with Gasteiger partial charge in [-0.1, -0.05) is 0 Å². The Kier molecular flexibility index (Phi) is 2.97. The minimum atomic E-state index is -1.06. The van der Waals surface area contributed by atoms with Gasteiger partial charge in [-0.25, -0.2) is 14.8 Å². The molecule has 1 aliphatic rings. The molecule has 6 heteroatoms. The van der Waals surface area contributed by atoms with Gasteiger partial charge in [0.2, 0.25) is 0 Å². The van der Waals surface area contributed by atoms with Gasteiger partial charge in [0, 0.05) is 13.1 Å². The number of rotatable bonds is 2. The van der Waals surface area contributed by atoms with Crippen LogP contribution in [-0.4, -0.2) is 46.3 Å². The highest BCUT2D eigenvalue weighted by Crippen LogP contribution is 2.20. The van der Waals surface area contributed by atoms with E-state index in [1.807, 2.05) is 18.7 Å². The molecule has 6 nitrogen and oxygen atoms in total. The van der Waals surface area contributed by atoms with Crippen LogP contribution >= 0.6 is 0 Å². The molecule has 0 aromatic carbocycles. The molecule has 1 saturated heterocycles. The lowest BCUT2D eigenvalue weighted by atomic mass is 10.1. The number of carbonyl (C=O) groups is 1. The first kappa shape index (κ1) is 11.8. The van der Waals surface area contributed by atoms with Crippen LogP contribution in [0.25, 0.3) is 0 Å². The summed E-state index contributed by atoms with van der Waals surface area (Å²) in [5.74, 6) is -0.377. The Morgan fingerprint density at radius 3 is 2.76 bits per heavy atom. The summed E-state index contributed by atoms with van der Waals surface area (Å²) in [5, 5.41) is 8.73. The molecule has 0 amide bonds. The summed E-state index contributed by atoms with van der Waals surface area (Å²) in [5.41, 5.74) is -0.257. The maximum Gasteiger partial charge on any atom is 0.356 e. The second-order valence-electron chi connectivity index (χ2n) is 4.59. The van der Waals surface area contributed by atoms with Crippen LogP contribution < -0.4 is 4.90 Å². The molecule has 1 aliphatic heterocycles. The van der Waals surface area contributed by atoms with Crippen molar-refractivity contribution < 1.29 is 14.6 Å². The average Bonchev–Trinajstić information content (AvgIpc) is 2.28. The molecule has 2 rings (SSSR count). The normalized spacial score (nSPS) is 19.1. The fourth-order valence-electron chi connectivity index (χ4n) is 1.81. The fourth-order valence-corrected chi connectivity index (χ4v) is 1.81. The summed E-state index contributed by atoms with van der Waals surface area (Å²) in [4.78, 5) is 20.7. The van der Waals surface area contributed by atoms with Crippen molar-refractivity contribution >= 4 is 11.8 Å². The number of anilines is 1. The van der Waals surface area contributed by atoms with Gasteiger partial charge in [-0.05, 0) is 13.8 Å². The maximum absolute atomic E-state index is 10.7. The number of aromatic carboxylic acids is 1. The van der Waals surface area contributed by atoms with Crippen LogP contribution in [0.4, 0.5) is 5.82 Å². The lowest BCUT2D eigenvalue weighted by molar-refractivity contribution is -0.0279. The monoisotopic (exact) mass is 237 g/mol. The zero-order valence-electron chi connectivity index (χ0n) is 9.88. The van der Waals surface area contributed by atoms with E-state index in [1.165, 1.54) is 12.4 Å². The number of morpholine rings is 1. The summed E-state index contributed by atoms with van der Waals surface area (Å²) >= 11 is 0. The standard InChI is InChI=1S/C11H15N3O3/c1-11(2)7-14(3-4-17-11)9-6-12-8(5-13-9)10(15)16/h5-6H,3-4,7H2,1-2H3,(H,15,16). The van der Waals surface area contributed by atoms with Crippen LogP contribution in [0.1, 0.15) is 24.3 Å². The Balaban J connectivity index is 2.14. The van der Waals surface area contributed by atoms with Crippen LogP contribution in [0.5, 0.6) is 0 Å². The lowest BCUT2D eigenvalue weighted by Gasteiger charge is -2.38. The quantitative estimate of drug-likeness (QED) is 0.819. The third-order valence-corrected chi connectivity index (χ3v) is 2.61. The first-order valence-electron chi connectivity index (χ1n) is 5.42. The zero-order chi connectivity index (χ0) is 12.5. The smallest absolute Gasteiger partial charge is 0.356 e. The third-order valence-electron chi connectivity index (χ3n) is 2.61. The van der Waals surface area contributed by atoms with E-state index in [2.05, 4.69) is 9.97 Å². The van der Waals surface area contributed by atoms with Crippen molar-refractivity contribution in [3.05, 3.63) is 18.1 Å². The van der Waals surface area contributed by atoms with Crippen LogP contribution in [-0.2, 0) is 4.74 Å². The van der Waals surface area contributed by atoms with Crippen molar-refractivity contribution in [2.45, 2.75) is 19.4 Å². The number of hydrogen-bond donors (Lipinski definition) is 1. The molecule has 0 spiro atoms. The minimum absolute atomic E-state index is 0.0405. The van der Waals surface area contributed by atoms with Gasteiger partial charge in [0.1, 0.15) is 5.82 Å². The molecule has 1 N–H and O–H groups in total. The highest BCUT2D eigenvalue weighted by molar-refractivity contribution is 5.84. The predicted molar refractivity (Wildman–Crippen MR) is 61.2 cm³/mol. The van der Waals surface area contributed by atoms with Crippen LogP contribution in [0, 0.1) is 0 Å². The summed E-state index contributed by atoms with van der Waals surface area (Å²) in [6.07, 6.45) is 2.77. The molecule has 0 atom stereocenters. The van der Waals surface area contributed by atoms with Gasteiger partial charge >= 0.3 is 5.97 Å². The molecule has 92 valence electrons. The van der Waals surface area contributed by atoms with Gasteiger partial charge in [-0.3, -0.25) is 0 Å². The largest absolute Gasteiger partial charge is 0.476 e. The first-order valence-corrected chi connectivity index (χ1v) is 5.42. The number of nitrogens with zero attached hydrogens (tertiary/aromatic N) is 3. The van der Waals surface area contributed by atoms with Crippen molar-refractivity contribution in [3.8, 4) is 0 Å². The number of hydrogen-bond acceptors (Lipinski definition) is 5. The molecule has 1 aromatic heterocycles. The summed E-state index contributed by atoms with van der Waals surface area (Å²) < 4.78 is 5.60. The van der Waals surface area contributed by atoms with Gasteiger partial charge in [-0.15, -0.1) is 0 Å². The highest BCUT2D eigenvalue weighted by atomic mass is 16.5. The van der Waals surface area contributed by atoms with Gasteiger partial charge in [0.15, 0.2) is 5.69 Å². The molecule has 1 aromatic rings. The molecule has 0 unspecified atom stereocenters. The van der Waals surface area contributed by atoms with Crippen molar-refractivity contribution in [2.75, 3.05) is 24.6 Å². The molecular weight excluding hydrogens is 222 g/mol. The van der Waals surface area contributed by atoms with E-state index in [4.69, 9.17) is 9.84 Å². The second-order valence-corrected chi connectivity index (χ2v) is 4.59. The molecule has 0 aliphatic carbocycles. The molecule has 0 saturated carbocycles. The third kappa shape index (κ3) is 2.71. The maximum atomic E-state index is 10.7. The zero-order valence-corrected chi connectivity index (χ0v) is 9.88. The number of ether oxygens (including phenoxy) is 1. The number of aromatic nitrogens is 2. The second kappa shape index (κ2) is 4.29. The van der Waals surface area contributed by atoms with Crippen molar-refractivity contribution in [1.29, 1.82) is 0 Å². The van der Waals surface area contributed by atoms with Crippen LogP contribution in [0.15, 0.2) is 12.4 Å². The van der Waals surface area contributed by atoms with Crippen LogP contribution in [0.3, 0.4) is 0 Å². The topological polar surface area (TPSA) is 75.6 Å². The van der Waals surface area contributed by atoms with E-state index in [-0.39, 0.29) is 11.3 Å². The fraction of sp³-hybridized carbons (Fsp3) is 0.545. The number of carboxylic acid groups (broad SMARTS) is 1. The van der Waals surface area contributed by atoms with Crippen molar-refractivity contribution in [2.24, 2.45) is 0 Å². The summed E-state index contributed by atoms with van der Waals surface area (Å²) in [6.45, 7) is 6.12. The molecule has 17 heavy (non-hydrogen) atoms. The number of carboxylic acids is 1. The highest BCUT2D eigenvalue weighted by Gasteiger charge is 2.28. The van der Waals surface area contributed by atoms with E-state index in [0.717, 1.165) is 6.54 Å². The van der Waals surface area contributed by atoms with E-state index in [0.29, 0.717) is 19.0 Å². The molecule has 1 fully saturated rings. The Hall–Kier alpha value is -1.69. The first-order chi connectivity index (χ1) is 7.98. The van der Waals surface area contributed by atoms with Gasteiger partial charge in [-0.2, -0.15) is 0 Å².